The summed E-state index contributed by atoms with van der Waals surface area (Å²) in [4.78, 5) is 12.4. The number of aryl methyl sites for hydroxylation is 5. The minimum atomic E-state index is 0.129. The molecule has 100 valence electrons. The average molecular weight is 256 g/mol. The van der Waals surface area contributed by atoms with Crippen LogP contribution >= 0.6 is 0 Å². The van der Waals surface area contributed by atoms with Gasteiger partial charge in [-0.05, 0) is 57.4 Å². The second-order valence-corrected chi connectivity index (χ2v) is 5.30. The Morgan fingerprint density at radius 2 is 1.58 bits per heavy atom. The fourth-order valence-corrected chi connectivity index (χ4v) is 2.65. The molecule has 0 spiro atoms. The van der Waals surface area contributed by atoms with Crippen molar-refractivity contribution >= 4 is 5.78 Å². The Morgan fingerprint density at radius 1 is 1.00 bits per heavy atom. The summed E-state index contributed by atoms with van der Waals surface area (Å²) in [6, 6.07) is 6.09. The molecule has 1 aromatic heterocycles. The molecule has 0 aliphatic heterocycles. The van der Waals surface area contributed by atoms with Crippen molar-refractivity contribution in [1.82, 2.24) is 0 Å². The Labute approximate surface area is 114 Å². The molecule has 0 amide bonds. The molecule has 0 aliphatic rings. The quantitative estimate of drug-likeness (QED) is 0.769. The SMILES string of the molecule is Cc1cc(C)c(CC(=O)c2cc(C)oc2C)c(C)c1. The van der Waals surface area contributed by atoms with Crippen molar-refractivity contribution < 1.29 is 9.21 Å². The number of rotatable bonds is 3. The largest absolute Gasteiger partial charge is 0.466 e. The normalized spacial score (nSPS) is 10.8. The Balaban J connectivity index is 2.32. The molecule has 0 N–H and O–H groups in total. The van der Waals surface area contributed by atoms with Gasteiger partial charge in [0.1, 0.15) is 11.5 Å². The number of hydrogen-bond acceptors (Lipinski definition) is 2. The first-order chi connectivity index (χ1) is 8.88. The maximum absolute atomic E-state index is 12.4. The minimum absolute atomic E-state index is 0.129. The lowest BCUT2D eigenvalue weighted by Gasteiger charge is -2.10. The van der Waals surface area contributed by atoms with E-state index in [0.29, 0.717) is 17.7 Å². The van der Waals surface area contributed by atoms with Gasteiger partial charge in [-0.3, -0.25) is 4.79 Å². The van der Waals surface area contributed by atoms with Crippen LogP contribution in [0.15, 0.2) is 22.6 Å². The average Bonchev–Trinajstić information content (AvgIpc) is 2.62. The lowest BCUT2D eigenvalue weighted by Crippen LogP contribution is -2.07. The van der Waals surface area contributed by atoms with Crippen LogP contribution in [0.2, 0.25) is 0 Å². The molecule has 0 atom stereocenters. The zero-order valence-electron chi connectivity index (χ0n) is 12.3. The van der Waals surface area contributed by atoms with Crippen LogP contribution in [-0.2, 0) is 6.42 Å². The summed E-state index contributed by atoms with van der Waals surface area (Å²) in [5.74, 6) is 1.63. The molecule has 1 heterocycles. The predicted octanol–water partition coefficient (Wildman–Crippen LogP) is 4.25. The standard InChI is InChI=1S/C17H20O2/c1-10-6-11(2)15(12(3)7-10)9-17(18)16-8-13(4)19-14(16)5/h6-8H,9H2,1-5H3. The Bertz CT molecular complexity index is 610. The number of carbonyl (C=O) groups excluding carboxylic acids is 1. The molecule has 19 heavy (non-hydrogen) atoms. The van der Waals surface area contributed by atoms with Gasteiger partial charge in [0.15, 0.2) is 5.78 Å². The molecule has 2 aromatic rings. The fourth-order valence-electron chi connectivity index (χ4n) is 2.65. The first-order valence-electron chi connectivity index (χ1n) is 6.55. The molecule has 0 bridgehead atoms. The molecule has 2 rings (SSSR count). The summed E-state index contributed by atoms with van der Waals surface area (Å²) in [7, 11) is 0. The number of furan rings is 1. The van der Waals surface area contributed by atoms with E-state index in [0.717, 1.165) is 11.3 Å². The number of ketones is 1. The fraction of sp³-hybridized carbons (Fsp3) is 0.353. The van der Waals surface area contributed by atoms with Gasteiger partial charge < -0.3 is 4.42 Å². The van der Waals surface area contributed by atoms with E-state index in [9.17, 15) is 4.79 Å². The third-order valence-electron chi connectivity index (χ3n) is 3.52. The monoisotopic (exact) mass is 256 g/mol. The van der Waals surface area contributed by atoms with Gasteiger partial charge in [-0.2, -0.15) is 0 Å². The first-order valence-corrected chi connectivity index (χ1v) is 6.55. The van der Waals surface area contributed by atoms with Crippen molar-refractivity contribution in [2.75, 3.05) is 0 Å². The van der Waals surface area contributed by atoms with Crippen molar-refractivity contribution in [1.29, 1.82) is 0 Å². The van der Waals surface area contributed by atoms with Crippen LogP contribution in [0.3, 0.4) is 0 Å². The van der Waals surface area contributed by atoms with Gasteiger partial charge >= 0.3 is 0 Å². The number of carbonyl (C=O) groups is 1. The maximum atomic E-state index is 12.4. The molecule has 0 unspecified atom stereocenters. The van der Waals surface area contributed by atoms with Crippen LogP contribution in [0.4, 0.5) is 0 Å². The minimum Gasteiger partial charge on any atom is -0.466 e. The highest BCUT2D eigenvalue weighted by molar-refractivity contribution is 5.98. The summed E-state index contributed by atoms with van der Waals surface area (Å²) >= 11 is 0. The van der Waals surface area contributed by atoms with Crippen molar-refractivity contribution in [2.24, 2.45) is 0 Å². The van der Waals surface area contributed by atoms with E-state index in [4.69, 9.17) is 4.42 Å². The van der Waals surface area contributed by atoms with Gasteiger partial charge in [-0.1, -0.05) is 17.7 Å². The van der Waals surface area contributed by atoms with Gasteiger partial charge in [-0.25, -0.2) is 0 Å². The smallest absolute Gasteiger partial charge is 0.170 e. The van der Waals surface area contributed by atoms with Gasteiger partial charge in [-0.15, -0.1) is 0 Å². The van der Waals surface area contributed by atoms with Crippen LogP contribution in [0.1, 0.15) is 44.1 Å². The van der Waals surface area contributed by atoms with Crippen molar-refractivity contribution in [3.05, 3.63) is 57.5 Å². The predicted molar refractivity (Wildman–Crippen MR) is 76.9 cm³/mol. The van der Waals surface area contributed by atoms with Crippen molar-refractivity contribution in [3.63, 3.8) is 0 Å². The molecule has 0 radical (unpaired) electrons. The van der Waals surface area contributed by atoms with E-state index in [2.05, 4.69) is 32.9 Å². The Hall–Kier alpha value is -1.83. The maximum Gasteiger partial charge on any atom is 0.170 e. The third kappa shape index (κ3) is 2.78. The summed E-state index contributed by atoms with van der Waals surface area (Å²) in [5, 5.41) is 0. The first kappa shape index (κ1) is 13.6. The molecule has 0 aliphatic carbocycles. The van der Waals surface area contributed by atoms with Gasteiger partial charge in [0.2, 0.25) is 0 Å². The topological polar surface area (TPSA) is 30.2 Å². The number of Topliss-reactive ketones (excluding diaryl/α,β-unsaturated/α-hetero) is 1. The van der Waals surface area contributed by atoms with E-state index in [1.54, 1.807) is 0 Å². The second kappa shape index (κ2) is 5.04. The zero-order chi connectivity index (χ0) is 14.2. The van der Waals surface area contributed by atoms with Crippen LogP contribution in [-0.4, -0.2) is 5.78 Å². The molecule has 0 saturated heterocycles. The van der Waals surface area contributed by atoms with Gasteiger partial charge in [0, 0.05) is 6.42 Å². The van der Waals surface area contributed by atoms with E-state index in [-0.39, 0.29) is 5.78 Å². The Kier molecular flexibility index (Phi) is 3.61. The highest BCUT2D eigenvalue weighted by Gasteiger charge is 2.16. The van der Waals surface area contributed by atoms with Crippen molar-refractivity contribution in [2.45, 2.75) is 41.0 Å². The highest BCUT2D eigenvalue weighted by Crippen LogP contribution is 2.21. The molecule has 1 aromatic carbocycles. The van der Waals surface area contributed by atoms with E-state index >= 15 is 0 Å². The summed E-state index contributed by atoms with van der Waals surface area (Å²) in [6.07, 6.45) is 0.442. The molecule has 0 saturated carbocycles. The molecule has 2 heteroatoms. The summed E-state index contributed by atoms with van der Waals surface area (Å²) in [6.45, 7) is 9.92. The zero-order valence-corrected chi connectivity index (χ0v) is 12.3. The van der Waals surface area contributed by atoms with Crippen LogP contribution < -0.4 is 0 Å². The summed E-state index contributed by atoms with van der Waals surface area (Å²) < 4.78 is 5.43. The van der Waals surface area contributed by atoms with Gasteiger partial charge in [0.05, 0.1) is 5.56 Å². The highest BCUT2D eigenvalue weighted by atomic mass is 16.3. The van der Waals surface area contributed by atoms with Crippen LogP contribution in [0, 0.1) is 34.6 Å². The number of hydrogen-bond donors (Lipinski definition) is 0. The molecule has 2 nitrogen and oxygen atoms in total. The second-order valence-electron chi connectivity index (χ2n) is 5.30. The van der Waals surface area contributed by atoms with E-state index < -0.39 is 0 Å². The van der Waals surface area contributed by atoms with Gasteiger partial charge in [0.25, 0.3) is 0 Å². The third-order valence-corrected chi connectivity index (χ3v) is 3.52. The molecular formula is C17H20O2. The lowest BCUT2D eigenvalue weighted by molar-refractivity contribution is 0.0991. The molecular weight excluding hydrogens is 236 g/mol. The van der Waals surface area contributed by atoms with Crippen LogP contribution in [0.5, 0.6) is 0 Å². The Morgan fingerprint density at radius 3 is 2.05 bits per heavy atom. The molecule has 0 fully saturated rings. The lowest BCUT2D eigenvalue weighted by atomic mass is 9.94. The summed E-state index contributed by atoms with van der Waals surface area (Å²) in [5.41, 5.74) is 5.44. The van der Waals surface area contributed by atoms with E-state index in [1.165, 1.54) is 16.7 Å². The number of benzene rings is 1. The van der Waals surface area contributed by atoms with Crippen molar-refractivity contribution in [3.8, 4) is 0 Å². The van der Waals surface area contributed by atoms with E-state index in [1.807, 2.05) is 19.9 Å². The van der Waals surface area contributed by atoms with Crippen LogP contribution in [0.25, 0.3) is 0 Å².